The summed E-state index contributed by atoms with van der Waals surface area (Å²) >= 11 is 0. The van der Waals surface area contributed by atoms with Crippen molar-refractivity contribution in [1.29, 1.82) is 0 Å². The zero-order valence-electron chi connectivity index (χ0n) is 53.2. The van der Waals surface area contributed by atoms with Crippen LogP contribution in [0.3, 0.4) is 0 Å². The molecule has 89 heavy (non-hydrogen) atoms. The fraction of sp³-hybridized carbons (Fsp3) is 0.500. The largest absolute Gasteiger partial charge is 0.445 e. The molecule has 0 radical (unpaired) electrons. The Morgan fingerprint density at radius 2 is 1.33 bits per heavy atom. The van der Waals surface area contributed by atoms with Crippen molar-refractivity contribution in [2.45, 2.75) is 162 Å². The Balaban J connectivity index is 1.30. The number of amides is 11. The molecule has 0 spiro atoms. The topological polar surface area (TPSA) is 343 Å². The molecule has 1 aliphatic heterocycles. The lowest BCUT2D eigenvalue weighted by Crippen LogP contribution is -2.61. The number of nitrogens with zero attached hydrogens (tertiary/aromatic N) is 2. The number of unbranched alkanes of at least 4 members (excludes halogenated alkanes) is 2. The summed E-state index contributed by atoms with van der Waals surface area (Å²) in [5, 5.41) is 19.6. The Labute approximate surface area is 523 Å². The fourth-order valence-corrected chi connectivity index (χ4v) is 11.0. The SMILES string of the molecule is CN[C@H](C(=O)NC(C(=O)N(C)[C@H](/C=C(\C)C(=O)NS(=O)(=O)Cc1ccccc1)C(C)C)C(C)(C)C)C(C)(C)c1ccc(CNC(=O)OCc2ccc(NC(=O)[C@@H](CCCNC(N)=O)NC(=O)C(NC(=O)CCCCCN3C(=O)C=CC3=O)C(C)C)cc2)cc1. The molecule has 486 valence electrons. The fourth-order valence-electron chi connectivity index (χ4n) is 9.90. The van der Waals surface area contributed by atoms with Gasteiger partial charge in [-0.05, 0) is 91.3 Å². The number of nitrogens with one attached hydrogen (secondary N) is 8. The van der Waals surface area contributed by atoms with Crippen LogP contribution in [0.15, 0.2) is 103 Å². The number of urea groups is 1. The van der Waals surface area contributed by atoms with Gasteiger partial charge in [-0.2, -0.15) is 0 Å². The van der Waals surface area contributed by atoms with E-state index in [4.69, 9.17) is 10.5 Å². The van der Waals surface area contributed by atoms with Crippen LogP contribution in [0.5, 0.6) is 0 Å². The number of anilines is 1. The van der Waals surface area contributed by atoms with Crippen LogP contribution < -0.4 is 47.7 Å². The van der Waals surface area contributed by atoms with Gasteiger partial charge >= 0.3 is 12.1 Å². The number of hydrogen-bond acceptors (Lipinski definition) is 14. The average Bonchev–Trinajstić information content (AvgIpc) is 3.28. The third kappa shape index (κ3) is 23.2. The highest BCUT2D eigenvalue weighted by Gasteiger charge is 2.42. The number of likely N-dealkylation sites (N-methyl/N-ethyl adjacent to an activating group) is 2. The number of ether oxygens (including phenoxy) is 1. The number of alkyl carbamates (subject to hydrolysis) is 1. The Morgan fingerprint density at radius 3 is 1.90 bits per heavy atom. The molecule has 5 atom stereocenters. The molecule has 1 aliphatic rings. The van der Waals surface area contributed by atoms with Crippen molar-refractivity contribution in [2.24, 2.45) is 23.0 Å². The highest BCUT2D eigenvalue weighted by Crippen LogP contribution is 2.30. The Bertz CT molecular complexity index is 3130. The Kier molecular flexibility index (Phi) is 27.7. The molecule has 0 bridgehead atoms. The van der Waals surface area contributed by atoms with Crippen LogP contribution in [0.1, 0.15) is 130 Å². The maximum absolute atomic E-state index is 14.5. The normalized spacial score (nSPS) is 14.4. The zero-order valence-corrected chi connectivity index (χ0v) is 54.1. The van der Waals surface area contributed by atoms with Crippen molar-refractivity contribution in [2.75, 3.05) is 32.5 Å². The van der Waals surface area contributed by atoms with Gasteiger partial charge in [0.25, 0.3) is 17.7 Å². The van der Waals surface area contributed by atoms with Crippen LogP contribution in [0, 0.1) is 17.3 Å². The number of sulfonamides is 1. The second kappa shape index (κ2) is 33.8. The van der Waals surface area contributed by atoms with Crippen molar-refractivity contribution >= 4 is 75.1 Å². The minimum atomic E-state index is -4.02. The molecule has 0 saturated carbocycles. The minimum absolute atomic E-state index is 0.0987. The van der Waals surface area contributed by atoms with E-state index >= 15 is 0 Å². The molecule has 0 aliphatic carbocycles. The lowest BCUT2D eigenvalue weighted by molar-refractivity contribution is -0.141. The summed E-state index contributed by atoms with van der Waals surface area (Å²) in [7, 11) is -0.783. The maximum atomic E-state index is 14.5. The Morgan fingerprint density at radius 1 is 0.708 bits per heavy atom. The summed E-state index contributed by atoms with van der Waals surface area (Å²) in [4.78, 5) is 133. The third-order valence-electron chi connectivity index (χ3n) is 15.2. The van der Waals surface area contributed by atoms with Gasteiger partial charge in [-0.1, -0.05) is 142 Å². The monoisotopic (exact) mass is 1250 g/mol. The molecule has 3 aromatic rings. The summed E-state index contributed by atoms with van der Waals surface area (Å²) in [6, 6.07) is 17.0. The molecule has 25 heteroatoms. The van der Waals surface area contributed by atoms with Crippen molar-refractivity contribution in [3.63, 3.8) is 0 Å². The van der Waals surface area contributed by atoms with E-state index < -0.39 is 92.7 Å². The van der Waals surface area contributed by atoms with Crippen LogP contribution in [0.4, 0.5) is 15.3 Å². The predicted molar refractivity (Wildman–Crippen MR) is 338 cm³/mol. The van der Waals surface area contributed by atoms with Gasteiger partial charge in [0.05, 0.1) is 17.8 Å². The van der Waals surface area contributed by atoms with Gasteiger partial charge in [0.15, 0.2) is 0 Å². The van der Waals surface area contributed by atoms with E-state index in [1.54, 1.807) is 88.6 Å². The average molecular weight is 1250 g/mol. The lowest BCUT2D eigenvalue weighted by Gasteiger charge is -2.40. The number of carbonyl (C=O) groups excluding carboxylic acids is 10. The number of nitrogens with two attached hydrogens (primary N) is 1. The molecule has 10 N–H and O–H groups in total. The molecule has 2 unspecified atom stereocenters. The van der Waals surface area contributed by atoms with Gasteiger partial charge < -0.3 is 52.6 Å². The summed E-state index contributed by atoms with van der Waals surface area (Å²) in [6.45, 7) is 18.4. The van der Waals surface area contributed by atoms with Crippen LogP contribution >= 0.6 is 0 Å². The van der Waals surface area contributed by atoms with Crippen LogP contribution in [-0.2, 0) is 77.4 Å². The first-order chi connectivity index (χ1) is 41.7. The molecule has 0 saturated heterocycles. The van der Waals surface area contributed by atoms with Gasteiger partial charge in [-0.3, -0.25) is 43.3 Å². The van der Waals surface area contributed by atoms with E-state index in [1.165, 1.54) is 24.0 Å². The van der Waals surface area contributed by atoms with Crippen molar-refractivity contribution in [1.82, 2.24) is 46.4 Å². The first-order valence-electron chi connectivity index (χ1n) is 29.8. The quantitative estimate of drug-likeness (QED) is 0.0218. The van der Waals surface area contributed by atoms with Gasteiger partial charge in [-0.15, -0.1) is 0 Å². The number of primary amides is 1. The van der Waals surface area contributed by atoms with Crippen molar-refractivity contribution < 1.29 is 61.1 Å². The first kappa shape index (κ1) is 73.0. The third-order valence-corrected chi connectivity index (χ3v) is 16.4. The van der Waals surface area contributed by atoms with Crippen LogP contribution in [-0.4, -0.2) is 135 Å². The molecule has 24 nitrogen and oxygen atoms in total. The van der Waals surface area contributed by atoms with Gasteiger partial charge in [0, 0.05) is 61.9 Å². The second-order valence-corrected chi connectivity index (χ2v) is 26.3. The van der Waals surface area contributed by atoms with Crippen molar-refractivity contribution in [3.05, 3.63) is 125 Å². The summed E-state index contributed by atoms with van der Waals surface area (Å²) in [6.07, 6.45) is 5.31. The molecule has 0 fully saturated rings. The zero-order chi connectivity index (χ0) is 66.4. The molecular formula is C64H91N11O13S. The molecular weight excluding hydrogens is 1160 g/mol. The Hall–Kier alpha value is -8.45. The summed E-state index contributed by atoms with van der Waals surface area (Å²) < 4.78 is 33.3. The molecule has 1 heterocycles. The highest BCUT2D eigenvalue weighted by atomic mass is 32.2. The molecule has 4 rings (SSSR count). The van der Waals surface area contributed by atoms with Gasteiger partial charge in [-0.25, -0.2) is 22.7 Å². The molecule has 3 aromatic carbocycles. The number of hydrogen-bond donors (Lipinski definition) is 9. The van der Waals surface area contributed by atoms with Crippen LogP contribution in [0.25, 0.3) is 0 Å². The van der Waals surface area contributed by atoms with Crippen LogP contribution in [0.2, 0.25) is 0 Å². The van der Waals surface area contributed by atoms with E-state index in [0.717, 1.165) is 16.0 Å². The maximum Gasteiger partial charge on any atom is 0.407 e. The lowest BCUT2D eigenvalue weighted by atomic mass is 9.76. The van der Waals surface area contributed by atoms with E-state index in [1.807, 2.05) is 72.7 Å². The standard InChI is InChI=1S/C64H91N11O13S/c1-40(2)49(36-42(5)56(79)73-89(86,87)39-45-20-15-13-16-21-45)74(12)60(83)55(63(6,7)8)72-59(82)54(66-11)64(9,10)46-28-24-43(25-29-46)37-68-62(85)88-38-44-26-30-47(31-27-44)69-57(80)48(22-19-34-67-61(65)84)70-58(81)53(41(3)4)71-50(76)23-17-14-18-35-75-51(77)32-33-52(75)78/h13,15-16,20-21,24-33,36,40-41,48-49,53-55,66H,14,17-19,22-23,34-35,37-39H2,1-12H3,(H,68,85)(H,69,80)(H,70,81)(H,71,76)(H,72,82)(H,73,79)(H3,65,67,84)/b42-36+/t48-,49-,53?,54-,55?/m1/s1. The van der Waals surface area contributed by atoms with Gasteiger partial charge in [0.2, 0.25) is 39.6 Å². The highest BCUT2D eigenvalue weighted by molar-refractivity contribution is 7.89. The van der Waals surface area contributed by atoms with Gasteiger partial charge in [0.1, 0.15) is 24.7 Å². The number of imide groups is 1. The van der Waals surface area contributed by atoms with Crippen molar-refractivity contribution in [3.8, 4) is 0 Å². The minimum Gasteiger partial charge on any atom is -0.445 e. The number of carbonyl (C=O) groups is 10. The van der Waals surface area contributed by atoms with E-state index in [0.29, 0.717) is 36.1 Å². The van der Waals surface area contributed by atoms with E-state index in [9.17, 15) is 56.4 Å². The number of benzene rings is 3. The van der Waals surface area contributed by atoms with E-state index in [-0.39, 0.29) is 86.4 Å². The summed E-state index contributed by atoms with van der Waals surface area (Å²) in [5.41, 5.74) is 6.72. The first-order valence-corrected chi connectivity index (χ1v) is 31.5. The molecule has 11 amide bonds. The smallest absolute Gasteiger partial charge is 0.407 e. The van der Waals surface area contributed by atoms with E-state index in [2.05, 4.69) is 41.9 Å². The summed E-state index contributed by atoms with van der Waals surface area (Å²) in [5.74, 6) is -4.88. The number of rotatable bonds is 33. The predicted octanol–water partition coefficient (Wildman–Crippen LogP) is 5.08. The second-order valence-electron chi connectivity index (χ2n) is 24.5. The molecule has 0 aromatic heterocycles.